The molecule has 0 spiro atoms. The molecular formula is C12H11ClN2O4S2. The third-order valence-corrected chi connectivity index (χ3v) is 5.19. The minimum Gasteiger partial charge on any atom is -0.462 e. The summed E-state index contributed by atoms with van der Waals surface area (Å²) in [4.78, 5) is 15.3. The van der Waals surface area contributed by atoms with Crippen molar-refractivity contribution in [3.8, 4) is 0 Å². The lowest BCUT2D eigenvalue weighted by Crippen LogP contribution is -2.15. The highest BCUT2D eigenvalue weighted by atomic mass is 35.5. The summed E-state index contributed by atoms with van der Waals surface area (Å²) in [6.07, 6.45) is 2.53. The number of nitrogens with zero attached hydrogens (tertiary/aromatic N) is 1. The molecule has 2 aromatic rings. The van der Waals surface area contributed by atoms with Gasteiger partial charge >= 0.3 is 5.97 Å². The van der Waals surface area contributed by atoms with Crippen LogP contribution in [0, 0.1) is 0 Å². The average molecular weight is 347 g/mol. The molecule has 112 valence electrons. The van der Waals surface area contributed by atoms with E-state index in [1.807, 2.05) is 0 Å². The summed E-state index contributed by atoms with van der Waals surface area (Å²) >= 11 is 6.93. The minimum atomic E-state index is -3.93. The van der Waals surface area contributed by atoms with Gasteiger partial charge in [0.05, 0.1) is 17.2 Å². The normalized spacial score (nSPS) is 11.1. The number of sulfonamides is 1. The van der Waals surface area contributed by atoms with Gasteiger partial charge < -0.3 is 4.74 Å². The van der Waals surface area contributed by atoms with Gasteiger partial charge in [0.15, 0.2) is 0 Å². The summed E-state index contributed by atoms with van der Waals surface area (Å²) in [6.45, 7) is 1.87. The van der Waals surface area contributed by atoms with Crippen molar-refractivity contribution >= 4 is 43.9 Å². The number of ether oxygens (including phenoxy) is 1. The molecule has 0 saturated carbocycles. The van der Waals surface area contributed by atoms with Gasteiger partial charge in [0, 0.05) is 12.4 Å². The van der Waals surface area contributed by atoms with Gasteiger partial charge in [-0.25, -0.2) is 13.2 Å². The van der Waals surface area contributed by atoms with Crippen molar-refractivity contribution in [2.75, 3.05) is 11.3 Å². The Morgan fingerprint density at radius 3 is 2.90 bits per heavy atom. The molecule has 21 heavy (non-hydrogen) atoms. The Bertz CT molecular complexity index is 758. The maximum absolute atomic E-state index is 12.3. The van der Waals surface area contributed by atoms with Crippen LogP contribution in [0.5, 0.6) is 0 Å². The molecule has 2 heterocycles. The molecule has 0 saturated heterocycles. The van der Waals surface area contributed by atoms with Gasteiger partial charge in [-0.05, 0) is 24.4 Å². The standard InChI is InChI=1S/C12H11ClN2O4S2/c1-2-19-12(16)8-4-6-20-11(8)15-21(17,18)10-7-14-5-3-9(10)13/h3-7,15H,2H2,1H3. The van der Waals surface area contributed by atoms with E-state index in [2.05, 4.69) is 9.71 Å². The predicted octanol–water partition coefficient (Wildman–Crippen LogP) is 2.77. The monoisotopic (exact) mass is 346 g/mol. The van der Waals surface area contributed by atoms with Gasteiger partial charge in [-0.15, -0.1) is 11.3 Å². The van der Waals surface area contributed by atoms with Crippen molar-refractivity contribution in [2.24, 2.45) is 0 Å². The van der Waals surface area contributed by atoms with Crippen LogP contribution in [0.3, 0.4) is 0 Å². The van der Waals surface area contributed by atoms with E-state index in [0.29, 0.717) is 0 Å². The molecule has 0 amide bonds. The molecule has 1 N–H and O–H groups in total. The van der Waals surface area contributed by atoms with E-state index in [-0.39, 0.29) is 27.1 Å². The third kappa shape index (κ3) is 3.52. The van der Waals surface area contributed by atoms with Crippen molar-refractivity contribution < 1.29 is 17.9 Å². The largest absolute Gasteiger partial charge is 0.462 e. The number of rotatable bonds is 5. The molecule has 0 fully saturated rings. The number of halogens is 1. The van der Waals surface area contributed by atoms with Crippen LogP contribution in [0.1, 0.15) is 17.3 Å². The lowest BCUT2D eigenvalue weighted by molar-refractivity contribution is 0.0528. The highest BCUT2D eigenvalue weighted by Gasteiger charge is 2.22. The lowest BCUT2D eigenvalue weighted by atomic mass is 10.3. The molecule has 0 aliphatic rings. The van der Waals surface area contributed by atoms with E-state index in [1.54, 1.807) is 12.3 Å². The number of hydrogen-bond donors (Lipinski definition) is 1. The van der Waals surface area contributed by atoms with Crippen LogP contribution in [-0.2, 0) is 14.8 Å². The van der Waals surface area contributed by atoms with Crippen LogP contribution in [0.25, 0.3) is 0 Å². The highest BCUT2D eigenvalue weighted by molar-refractivity contribution is 7.93. The smallest absolute Gasteiger partial charge is 0.341 e. The van der Waals surface area contributed by atoms with E-state index in [1.165, 1.54) is 18.3 Å². The quantitative estimate of drug-likeness (QED) is 0.841. The number of thiophene rings is 1. The van der Waals surface area contributed by atoms with E-state index in [0.717, 1.165) is 17.5 Å². The fourth-order valence-electron chi connectivity index (χ4n) is 1.50. The number of anilines is 1. The molecule has 0 aromatic carbocycles. The van der Waals surface area contributed by atoms with E-state index < -0.39 is 16.0 Å². The second-order valence-corrected chi connectivity index (χ2v) is 6.77. The van der Waals surface area contributed by atoms with Gasteiger partial charge in [0.1, 0.15) is 9.90 Å². The predicted molar refractivity (Wildman–Crippen MR) is 80.3 cm³/mol. The van der Waals surface area contributed by atoms with Gasteiger partial charge in [-0.3, -0.25) is 9.71 Å². The molecule has 0 aliphatic heterocycles. The summed E-state index contributed by atoms with van der Waals surface area (Å²) in [5.74, 6) is -0.589. The maximum Gasteiger partial charge on any atom is 0.341 e. The van der Waals surface area contributed by atoms with E-state index >= 15 is 0 Å². The van der Waals surface area contributed by atoms with Crippen LogP contribution in [0.2, 0.25) is 5.02 Å². The van der Waals surface area contributed by atoms with Crippen LogP contribution in [-0.4, -0.2) is 26.0 Å². The zero-order valence-electron chi connectivity index (χ0n) is 10.9. The second-order valence-electron chi connectivity index (χ2n) is 3.80. The Hall–Kier alpha value is -1.64. The molecule has 6 nitrogen and oxygen atoms in total. The lowest BCUT2D eigenvalue weighted by Gasteiger charge is -2.09. The molecule has 2 rings (SSSR count). The number of carbonyl (C=O) groups excluding carboxylic acids is 1. The number of esters is 1. The number of hydrogen-bond acceptors (Lipinski definition) is 6. The van der Waals surface area contributed by atoms with Crippen LogP contribution in [0.15, 0.2) is 34.8 Å². The summed E-state index contributed by atoms with van der Waals surface area (Å²) in [5, 5.41) is 1.81. The van der Waals surface area contributed by atoms with Crippen LogP contribution < -0.4 is 4.72 Å². The average Bonchev–Trinajstić information content (AvgIpc) is 2.86. The summed E-state index contributed by atoms with van der Waals surface area (Å²) in [5.41, 5.74) is 0.158. The molecule has 0 bridgehead atoms. The fourth-order valence-corrected chi connectivity index (χ4v) is 4.03. The first-order valence-electron chi connectivity index (χ1n) is 5.82. The number of carbonyl (C=O) groups is 1. The van der Waals surface area contributed by atoms with Crippen molar-refractivity contribution in [3.05, 3.63) is 40.5 Å². The highest BCUT2D eigenvalue weighted by Crippen LogP contribution is 2.28. The summed E-state index contributed by atoms with van der Waals surface area (Å²) < 4.78 is 31.7. The summed E-state index contributed by atoms with van der Waals surface area (Å²) in [7, 11) is -3.93. The van der Waals surface area contributed by atoms with Gasteiger partial charge in [0.25, 0.3) is 10.0 Å². The molecule has 0 aliphatic carbocycles. The number of nitrogens with one attached hydrogen (secondary N) is 1. The number of aromatic nitrogens is 1. The van der Waals surface area contributed by atoms with Gasteiger partial charge in [-0.1, -0.05) is 11.6 Å². The molecule has 9 heteroatoms. The van der Waals surface area contributed by atoms with E-state index in [4.69, 9.17) is 16.3 Å². The van der Waals surface area contributed by atoms with Crippen molar-refractivity contribution in [1.82, 2.24) is 4.98 Å². The molecule has 0 unspecified atom stereocenters. The fraction of sp³-hybridized carbons (Fsp3) is 0.167. The van der Waals surface area contributed by atoms with Crippen LogP contribution >= 0.6 is 22.9 Å². The Labute approximate surface area is 130 Å². The van der Waals surface area contributed by atoms with Crippen molar-refractivity contribution in [3.63, 3.8) is 0 Å². The van der Waals surface area contributed by atoms with Gasteiger partial charge in [-0.2, -0.15) is 0 Å². The number of pyridine rings is 1. The van der Waals surface area contributed by atoms with Gasteiger partial charge in [0.2, 0.25) is 0 Å². The second kappa shape index (κ2) is 6.42. The molecule has 0 radical (unpaired) electrons. The molecule has 2 aromatic heterocycles. The van der Waals surface area contributed by atoms with Crippen molar-refractivity contribution in [2.45, 2.75) is 11.8 Å². The first-order valence-corrected chi connectivity index (χ1v) is 8.56. The summed E-state index contributed by atoms with van der Waals surface area (Å²) in [6, 6.07) is 2.86. The Balaban J connectivity index is 2.33. The van der Waals surface area contributed by atoms with Crippen molar-refractivity contribution in [1.29, 1.82) is 0 Å². The first-order chi connectivity index (χ1) is 9.95. The van der Waals surface area contributed by atoms with Crippen LogP contribution in [0.4, 0.5) is 5.00 Å². The zero-order chi connectivity index (χ0) is 15.5. The minimum absolute atomic E-state index is 0.0479. The molecular weight excluding hydrogens is 336 g/mol. The molecule has 0 atom stereocenters. The Kier molecular flexibility index (Phi) is 4.81. The third-order valence-electron chi connectivity index (χ3n) is 2.41. The SMILES string of the molecule is CCOC(=O)c1ccsc1NS(=O)(=O)c1cnccc1Cl. The maximum atomic E-state index is 12.3. The Morgan fingerprint density at radius 2 is 2.24 bits per heavy atom. The zero-order valence-corrected chi connectivity index (χ0v) is 13.3. The first kappa shape index (κ1) is 15.7. The topological polar surface area (TPSA) is 85.4 Å². The Morgan fingerprint density at radius 1 is 1.48 bits per heavy atom. The van der Waals surface area contributed by atoms with E-state index in [9.17, 15) is 13.2 Å².